The number of amides is 2. The number of nitrogens with zero attached hydrogens (tertiary/aromatic N) is 1. The molecule has 0 bridgehead atoms. The zero-order valence-corrected chi connectivity index (χ0v) is 9.64. The van der Waals surface area contributed by atoms with E-state index in [1.807, 2.05) is 0 Å². The molecule has 0 aromatic heterocycles. The fourth-order valence-electron chi connectivity index (χ4n) is 1.76. The van der Waals surface area contributed by atoms with Gasteiger partial charge in [-0.25, -0.2) is 0 Å². The van der Waals surface area contributed by atoms with Gasteiger partial charge in [-0.1, -0.05) is 0 Å². The lowest BCUT2D eigenvalue weighted by atomic mass is 10.1. The first-order valence-electron chi connectivity index (χ1n) is 5.49. The number of nitrogens with one attached hydrogen (secondary N) is 1. The second-order valence-electron chi connectivity index (χ2n) is 4.23. The predicted molar refractivity (Wildman–Crippen MR) is 64.6 cm³/mol. The molecule has 0 aliphatic carbocycles. The van der Waals surface area contributed by atoms with E-state index in [2.05, 4.69) is 5.32 Å². The normalized spacial score (nSPS) is 15.3. The number of carbonyl (C=O) groups excluding carboxylic acids is 2. The molecule has 0 unspecified atom stereocenters. The van der Waals surface area contributed by atoms with Crippen molar-refractivity contribution in [1.29, 1.82) is 0 Å². The third kappa shape index (κ3) is 2.62. The molecule has 1 fully saturated rings. The van der Waals surface area contributed by atoms with Crippen LogP contribution in [0.5, 0.6) is 0 Å². The molecule has 90 valence electrons. The van der Waals surface area contributed by atoms with E-state index in [1.54, 1.807) is 29.2 Å². The first-order chi connectivity index (χ1) is 8.06. The fourth-order valence-corrected chi connectivity index (χ4v) is 1.76. The number of likely N-dealkylation sites (tertiary alicyclic amines) is 1. The molecule has 1 aliphatic rings. The van der Waals surface area contributed by atoms with Gasteiger partial charge in [-0.15, -0.1) is 0 Å². The fraction of sp³-hybridized carbons (Fsp3) is 0.333. The Bertz CT molecular complexity index is 436. The van der Waals surface area contributed by atoms with Crippen molar-refractivity contribution < 1.29 is 9.59 Å². The Kier molecular flexibility index (Phi) is 3.10. The largest absolute Gasteiger partial charge is 0.335 e. The quantitative estimate of drug-likeness (QED) is 0.777. The van der Waals surface area contributed by atoms with Gasteiger partial charge in [-0.3, -0.25) is 9.59 Å². The van der Waals surface area contributed by atoms with E-state index in [9.17, 15) is 9.59 Å². The van der Waals surface area contributed by atoms with Gasteiger partial charge >= 0.3 is 0 Å². The number of nitrogens with two attached hydrogens (primary N) is 1. The zero-order valence-electron chi connectivity index (χ0n) is 9.64. The van der Waals surface area contributed by atoms with Crippen LogP contribution in [0.2, 0.25) is 0 Å². The SMILES string of the molecule is CC(=O)Nc1ccc(C(=O)N2CC(N)C2)cc1. The summed E-state index contributed by atoms with van der Waals surface area (Å²) in [5.41, 5.74) is 6.93. The minimum atomic E-state index is -0.127. The van der Waals surface area contributed by atoms with Gasteiger partial charge in [0.05, 0.1) is 0 Å². The lowest BCUT2D eigenvalue weighted by Crippen LogP contribution is -2.57. The van der Waals surface area contributed by atoms with Crippen molar-refractivity contribution in [3.05, 3.63) is 29.8 Å². The molecule has 1 aliphatic heterocycles. The monoisotopic (exact) mass is 233 g/mol. The summed E-state index contributed by atoms with van der Waals surface area (Å²) in [7, 11) is 0. The lowest BCUT2D eigenvalue weighted by molar-refractivity contribution is -0.114. The van der Waals surface area contributed by atoms with Crippen LogP contribution in [0, 0.1) is 0 Å². The van der Waals surface area contributed by atoms with E-state index in [0.717, 1.165) is 0 Å². The van der Waals surface area contributed by atoms with Crippen LogP contribution in [0.15, 0.2) is 24.3 Å². The highest BCUT2D eigenvalue weighted by molar-refractivity contribution is 5.96. The first-order valence-corrected chi connectivity index (χ1v) is 5.49. The van der Waals surface area contributed by atoms with E-state index in [-0.39, 0.29) is 17.9 Å². The average molecular weight is 233 g/mol. The molecule has 1 heterocycles. The molecular weight excluding hydrogens is 218 g/mol. The molecule has 17 heavy (non-hydrogen) atoms. The molecule has 1 aromatic rings. The second kappa shape index (κ2) is 4.55. The number of carbonyl (C=O) groups is 2. The van der Waals surface area contributed by atoms with Crippen molar-refractivity contribution in [2.75, 3.05) is 18.4 Å². The van der Waals surface area contributed by atoms with Crippen LogP contribution in [-0.2, 0) is 4.79 Å². The predicted octanol–water partition coefficient (Wildman–Crippen LogP) is 0.428. The van der Waals surface area contributed by atoms with Gasteiger partial charge in [-0.05, 0) is 24.3 Å². The van der Waals surface area contributed by atoms with Crippen LogP contribution in [0.25, 0.3) is 0 Å². The highest BCUT2D eigenvalue weighted by Gasteiger charge is 2.28. The Labute approximate surface area is 99.6 Å². The van der Waals surface area contributed by atoms with Crippen molar-refractivity contribution in [2.24, 2.45) is 5.73 Å². The van der Waals surface area contributed by atoms with Gasteiger partial charge in [0, 0.05) is 37.3 Å². The summed E-state index contributed by atoms with van der Waals surface area (Å²) in [5.74, 6) is -0.140. The molecular formula is C12H15N3O2. The lowest BCUT2D eigenvalue weighted by Gasteiger charge is -2.36. The Morgan fingerprint density at radius 2 is 1.88 bits per heavy atom. The Morgan fingerprint density at radius 1 is 1.29 bits per heavy atom. The standard InChI is InChI=1S/C12H15N3O2/c1-8(16)14-11-4-2-9(3-5-11)12(17)15-6-10(13)7-15/h2-5,10H,6-7,13H2,1H3,(H,14,16). The van der Waals surface area contributed by atoms with Crippen molar-refractivity contribution in [2.45, 2.75) is 13.0 Å². The maximum absolute atomic E-state index is 11.9. The van der Waals surface area contributed by atoms with Gasteiger partial charge in [0.1, 0.15) is 0 Å². The minimum Gasteiger partial charge on any atom is -0.335 e. The van der Waals surface area contributed by atoms with Gasteiger partial charge in [0.2, 0.25) is 5.91 Å². The van der Waals surface area contributed by atoms with Crippen LogP contribution >= 0.6 is 0 Å². The van der Waals surface area contributed by atoms with Crippen LogP contribution in [-0.4, -0.2) is 35.8 Å². The topological polar surface area (TPSA) is 75.4 Å². The maximum Gasteiger partial charge on any atom is 0.253 e. The van der Waals surface area contributed by atoms with Crippen LogP contribution in [0.3, 0.4) is 0 Å². The van der Waals surface area contributed by atoms with E-state index in [4.69, 9.17) is 5.73 Å². The minimum absolute atomic E-state index is 0.0129. The second-order valence-corrected chi connectivity index (χ2v) is 4.23. The van der Waals surface area contributed by atoms with Crippen molar-refractivity contribution >= 4 is 17.5 Å². The number of benzene rings is 1. The molecule has 2 rings (SSSR count). The van der Waals surface area contributed by atoms with E-state index >= 15 is 0 Å². The third-order valence-corrected chi connectivity index (χ3v) is 2.65. The van der Waals surface area contributed by atoms with Crippen LogP contribution < -0.4 is 11.1 Å². The van der Waals surface area contributed by atoms with Gasteiger partial charge in [0.15, 0.2) is 0 Å². The molecule has 0 atom stereocenters. The van der Waals surface area contributed by atoms with E-state index in [0.29, 0.717) is 24.3 Å². The number of anilines is 1. The van der Waals surface area contributed by atoms with E-state index < -0.39 is 0 Å². The van der Waals surface area contributed by atoms with Crippen molar-refractivity contribution in [1.82, 2.24) is 4.90 Å². The summed E-state index contributed by atoms with van der Waals surface area (Å²) < 4.78 is 0. The van der Waals surface area contributed by atoms with Gasteiger partial charge in [0.25, 0.3) is 5.91 Å². The van der Waals surface area contributed by atoms with Crippen molar-refractivity contribution in [3.63, 3.8) is 0 Å². The summed E-state index contributed by atoms with van der Waals surface area (Å²) in [6, 6.07) is 6.95. The highest BCUT2D eigenvalue weighted by atomic mass is 16.2. The molecule has 5 nitrogen and oxygen atoms in total. The van der Waals surface area contributed by atoms with E-state index in [1.165, 1.54) is 6.92 Å². The zero-order chi connectivity index (χ0) is 12.4. The summed E-state index contributed by atoms with van der Waals surface area (Å²) >= 11 is 0. The first kappa shape index (κ1) is 11.6. The number of hydrogen-bond donors (Lipinski definition) is 2. The summed E-state index contributed by atoms with van der Waals surface area (Å²) in [6.45, 7) is 2.68. The number of hydrogen-bond acceptors (Lipinski definition) is 3. The Balaban J connectivity index is 2.02. The third-order valence-electron chi connectivity index (χ3n) is 2.65. The number of rotatable bonds is 2. The molecule has 5 heteroatoms. The molecule has 3 N–H and O–H groups in total. The van der Waals surface area contributed by atoms with Gasteiger partial charge < -0.3 is 16.0 Å². The highest BCUT2D eigenvalue weighted by Crippen LogP contribution is 2.14. The Morgan fingerprint density at radius 3 is 2.35 bits per heavy atom. The smallest absolute Gasteiger partial charge is 0.253 e. The average Bonchev–Trinajstić information content (AvgIpc) is 2.24. The van der Waals surface area contributed by atoms with Crippen molar-refractivity contribution in [3.8, 4) is 0 Å². The summed E-state index contributed by atoms with van der Waals surface area (Å²) in [6.07, 6.45) is 0. The maximum atomic E-state index is 11.9. The molecule has 0 saturated carbocycles. The molecule has 2 amide bonds. The summed E-state index contributed by atoms with van der Waals surface area (Å²) in [5, 5.41) is 2.65. The molecule has 0 radical (unpaired) electrons. The molecule has 1 saturated heterocycles. The Hall–Kier alpha value is -1.88. The molecule has 1 aromatic carbocycles. The molecule has 0 spiro atoms. The summed E-state index contributed by atoms with van der Waals surface area (Å²) in [4.78, 5) is 24.4. The van der Waals surface area contributed by atoms with Crippen LogP contribution in [0.4, 0.5) is 5.69 Å². The van der Waals surface area contributed by atoms with Gasteiger partial charge in [-0.2, -0.15) is 0 Å². The van der Waals surface area contributed by atoms with Crippen LogP contribution in [0.1, 0.15) is 17.3 Å².